The summed E-state index contributed by atoms with van der Waals surface area (Å²) in [5.41, 5.74) is 4.42. The monoisotopic (exact) mass is 208 g/mol. The molecule has 1 heterocycles. The zero-order valence-corrected chi connectivity index (χ0v) is 8.06. The van der Waals surface area contributed by atoms with E-state index < -0.39 is 21.5 Å². The molecule has 0 bridgehead atoms. The topological polar surface area (TPSA) is 98.5 Å². The molecule has 1 aliphatic rings. The van der Waals surface area contributed by atoms with Crippen molar-refractivity contribution in [1.82, 2.24) is 4.72 Å². The number of nitrogens with two attached hydrogens (primary N) is 1. The van der Waals surface area contributed by atoms with Crippen LogP contribution in [0.4, 0.5) is 0 Å². The molecule has 0 aromatic carbocycles. The lowest BCUT2D eigenvalue weighted by Crippen LogP contribution is -2.55. The van der Waals surface area contributed by atoms with E-state index in [1.54, 1.807) is 0 Å². The highest BCUT2D eigenvalue weighted by Crippen LogP contribution is 2.15. The third-order valence-electron chi connectivity index (χ3n) is 1.78. The van der Waals surface area contributed by atoms with Crippen LogP contribution < -0.4 is 10.5 Å². The molecule has 1 amide bonds. The molecule has 13 heavy (non-hydrogen) atoms. The second-order valence-corrected chi connectivity index (χ2v) is 4.91. The van der Waals surface area contributed by atoms with E-state index in [1.165, 1.54) is 0 Å². The molecule has 0 aromatic rings. The highest BCUT2D eigenvalue weighted by atomic mass is 32.2. The van der Waals surface area contributed by atoms with Gasteiger partial charge in [-0.1, -0.05) is 0 Å². The minimum Gasteiger partial charge on any atom is -0.379 e. The average Bonchev–Trinajstić information content (AvgIpc) is 2.33. The summed E-state index contributed by atoms with van der Waals surface area (Å²) in [7, 11) is -3.53. The summed E-state index contributed by atoms with van der Waals surface area (Å²) in [6.07, 6.45) is 1.25. The summed E-state index contributed by atoms with van der Waals surface area (Å²) in [4.78, 5) is 11.3. The first-order chi connectivity index (χ1) is 5.83. The van der Waals surface area contributed by atoms with Gasteiger partial charge < -0.3 is 10.5 Å². The van der Waals surface area contributed by atoms with Gasteiger partial charge in [-0.15, -0.1) is 0 Å². The molecule has 1 saturated heterocycles. The van der Waals surface area contributed by atoms with E-state index in [9.17, 15) is 13.2 Å². The fourth-order valence-corrected chi connectivity index (χ4v) is 1.57. The van der Waals surface area contributed by atoms with Crippen molar-refractivity contribution < 1.29 is 17.9 Å². The van der Waals surface area contributed by atoms with Gasteiger partial charge in [-0.2, -0.15) is 0 Å². The van der Waals surface area contributed by atoms with Crippen LogP contribution in [0.15, 0.2) is 0 Å². The molecule has 0 saturated carbocycles. The number of hydrogen-bond acceptors (Lipinski definition) is 5. The van der Waals surface area contributed by atoms with E-state index in [2.05, 4.69) is 0 Å². The highest BCUT2D eigenvalue weighted by Gasteiger charge is 2.39. The molecular weight excluding hydrogens is 196 g/mol. The van der Waals surface area contributed by atoms with Gasteiger partial charge in [0.1, 0.15) is 5.54 Å². The van der Waals surface area contributed by atoms with Gasteiger partial charge in [-0.3, -0.25) is 9.52 Å². The standard InChI is InChI=1S/C6H12N2O4S/c1-13(10,11)8-5(9)6(7)2-3-12-4-6/h2-4,7H2,1H3,(H,8,9). The lowest BCUT2D eigenvalue weighted by atomic mass is 10.0. The van der Waals surface area contributed by atoms with Gasteiger partial charge in [0.2, 0.25) is 10.0 Å². The summed E-state index contributed by atoms with van der Waals surface area (Å²) in [6, 6.07) is 0. The minimum atomic E-state index is -3.53. The smallest absolute Gasteiger partial charge is 0.255 e. The van der Waals surface area contributed by atoms with Crippen molar-refractivity contribution >= 4 is 15.9 Å². The Bertz CT molecular complexity index is 305. The molecule has 1 fully saturated rings. The second kappa shape index (κ2) is 3.24. The van der Waals surface area contributed by atoms with E-state index >= 15 is 0 Å². The van der Waals surface area contributed by atoms with E-state index in [0.29, 0.717) is 13.0 Å². The van der Waals surface area contributed by atoms with Crippen LogP contribution in [-0.4, -0.2) is 39.3 Å². The second-order valence-electron chi connectivity index (χ2n) is 3.16. The maximum atomic E-state index is 11.3. The van der Waals surface area contributed by atoms with E-state index in [4.69, 9.17) is 10.5 Å². The predicted octanol–water partition coefficient (Wildman–Crippen LogP) is -1.82. The molecular formula is C6H12N2O4S. The predicted molar refractivity (Wildman–Crippen MR) is 45.3 cm³/mol. The summed E-state index contributed by atoms with van der Waals surface area (Å²) < 4.78 is 28.2. The van der Waals surface area contributed by atoms with Crippen LogP contribution in [-0.2, 0) is 19.6 Å². The Morgan fingerprint density at radius 2 is 2.23 bits per heavy atom. The normalized spacial score (nSPS) is 28.8. The number of nitrogens with one attached hydrogen (secondary N) is 1. The lowest BCUT2D eigenvalue weighted by Gasteiger charge is -2.19. The number of carbonyl (C=O) groups excluding carboxylic acids is 1. The fraction of sp³-hybridized carbons (Fsp3) is 0.833. The quantitative estimate of drug-likeness (QED) is 0.556. The van der Waals surface area contributed by atoms with Gasteiger partial charge in [0.05, 0.1) is 12.9 Å². The summed E-state index contributed by atoms with van der Waals surface area (Å²) in [5.74, 6) is -0.701. The number of amides is 1. The molecule has 0 spiro atoms. The van der Waals surface area contributed by atoms with Crippen LogP contribution in [0.25, 0.3) is 0 Å². The van der Waals surface area contributed by atoms with Crippen LogP contribution in [0, 0.1) is 0 Å². The van der Waals surface area contributed by atoms with Crippen molar-refractivity contribution in [2.24, 2.45) is 5.73 Å². The SMILES string of the molecule is CS(=O)(=O)NC(=O)C1(N)CCOC1. The van der Waals surface area contributed by atoms with E-state index in [-0.39, 0.29) is 6.61 Å². The van der Waals surface area contributed by atoms with Crippen molar-refractivity contribution in [3.63, 3.8) is 0 Å². The Morgan fingerprint density at radius 1 is 1.62 bits per heavy atom. The van der Waals surface area contributed by atoms with Crippen LogP contribution in [0.2, 0.25) is 0 Å². The largest absolute Gasteiger partial charge is 0.379 e. The molecule has 0 aliphatic carbocycles. The Morgan fingerprint density at radius 3 is 2.62 bits per heavy atom. The first kappa shape index (κ1) is 10.4. The lowest BCUT2D eigenvalue weighted by molar-refractivity contribution is -0.124. The molecule has 6 nitrogen and oxygen atoms in total. The zero-order valence-electron chi connectivity index (χ0n) is 7.24. The Labute approximate surface area is 76.5 Å². The third-order valence-corrected chi connectivity index (χ3v) is 2.34. The molecule has 1 atom stereocenters. The van der Waals surface area contributed by atoms with Gasteiger partial charge in [0, 0.05) is 13.0 Å². The van der Waals surface area contributed by atoms with Crippen molar-refractivity contribution in [1.29, 1.82) is 0 Å². The summed E-state index contributed by atoms with van der Waals surface area (Å²) in [5, 5.41) is 0. The van der Waals surface area contributed by atoms with Gasteiger partial charge in [0.25, 0.3) is 5.91 Å². The molecule has 3 N–H and O–H groups in total. The van der Waals surface area contributed by atoms with Gasteiger partial charge >= 0.3 is 0 Å². The van der Waals surface area contributed by atoms with Crippen molar-refractivity contribution in [3.8, 4) is 0 Å². The Kier molecular flexibility index (Phi) is 2.60. The summed E-state index contributed by atoms with van der Waals surface area (Å²) >= 11 is 0. The Balaban J connectivity index is 2.67. The first-order valence-electron chi connectivity index (χ1n) is 3.72. The molecule has 0 radical (unpaired) electrons. The first-order valence-corrected chi connectivity index (χ1v) is 5.61. The van der Waals surface area contributed by atoms with Gasteiger partial charge in [-0.25, -0.2) is 8.42 Å². The van der Waals surface area contributed by atoms with Gasteiger partial charge in [0.15, 0.2) is 0 Å². The van der Waals surface area contributed by atoms with Crippen LogP contribution in [0.3, 0.4) is 0 Å². The number of hydrogen-bond donors (Lipinski definition) is 2. The average molecular weight is 208 g/mol. The maximum absolute atomic E-state index is 11.3. The number of rotatable bonds is 2. The number of carbonyl (C=O) groups is 1. The van der Waals surface area contributed by atoms with Crippen LogP contribution in [0.1, 0.15) is 6.42 Å². The van der Waals surface area contributed by atoms with Crippen LogP contribution >= 0.6 is 0 Å². The summed E-state index contributed by atoms with van der Waals surface area (Å²) in [6.45, 7) is 0.446. The molecule has 76 valence electrons. The third kappa shape index (κ3) is 2.64. The van der Waals surface area contributed by atoms with Crippen molar-refractivity contribution in [2.75, 3.05) is 19.5 Å². The zero-order chi connectivity index (χ0) is 10.1. The molecule has 1 unspecified atom stereocenters. The molecule has 0 aromatic heterocycles. The molecule has 1 rings (SSSR count). The number of ether oxygens (including phenoxy) is 1. The van der Waals surface area contributed by atoms with Crippen molar-refractivity contribution in [3.05, 3.63) is 0 Å². The molecule has 1 aliphatic heterocycles. The molecule has 7 heteroatoms. The minimum absolute atomic E-state index is 0.0638. The van der Waals surface area contributed by atoms with E-state index in [0.717, 1.165) is 6.26 Å². The van der Waals surface area contributed by atoms with Crippen molar-refractivity contribution in [2.45, 2.75) is 12.0 Å². The number of sulfonamides is 1. The van der Waals surface area contributed by atoms with E-state index in [1.807, 2.05) is 4.72 Å². The highest BCUT2D eigenvalue weighted by molar-refractivity contribution is 7.89. The van der Waals surface area contributed by atoms with Gasteiger partial charge in [-0.05, 0) is 0 Å². The maximum Gasteiger partial charge on any atom is 0.255 e. The van der Waals surface area contributed by atoms with Crippen LogP contribution in [0.5, 0.6) is 0 Å². The fourth-order valence-electron chi connectivity index (χ4n) is 1.03. The Hall–Kier alpha value is -0.660.